The second-order valence-corrected chi connectivity index (χ2v) is 9.58. The lowest BCUT2D eigenvalue weighted by molar-refractivity contribution is 0.0997. The molecule has 144 valence electrons. The number of carbonyl (C=O) groups excluding carboxylic acids is 1. The minimum atomic E-state index is -3.76. The normalized spacial score (nSPS) is 13.4. The van der Waals surface area contributed by atoms with E-state index in [0.29, 0.717) is 26.8 Å². The van der Waals surface area contributed by atoms with Crippen molar-refractivity contribution in [1.29, 1.82) is 5.26 Å². The fourth-order valence-electron chi connectivity index (χ4n) is 3.16. The highest BCUT2D eigenvalue weighted by atomic mass is 35.5. The topological polar surface area (TPSA) is 109 Å². The van der Waals surface area contributed by atoms with Gasteiger partial charge in [0, 0.05) is 28.3 Å². The number of benzene rings is 2. The highest BCUT2D eigenvalue weighted by Crippen LogP contribution is 2.47. The van der Waals surface area contributed by atoms with Gasteiger partial charge in [0.15, 0.2) is 0 Å². The highest BCUT2D eigenvalue weighted by molar-refractivity contribution is 7.75. The summed E-state index contributed by atoms with van der Waals surface area (Å²) in [4.78, 5) is 15.0. The molecule has 1 atom stereocenters. The Hall–Kier alpha value is -2.58. The summed E-state index contributed by atoms with van der Waals surface area (Å²) in [6, 6.07) is 12.0. The fraction of sp³-hybridized carbons (Fsp3) is 0.200. The number of fused-ring (bicyclic) bond motifs is 1. The molecule has 0 aliphatic rings. The number of nitrogens with one attached hydrogen (secondary N) is 1. The summed E-state index contributed by atoms with van der Waals surface area (Å²) in [6.45, 7) is 3.94. The van der Waals surface area contributed by atoms with E-state index in [2.05, 4.69) is 11.1 Å². The molecule has 1 heterocycles. The van der Waals surface area contributed by atoms with E-state index in [9.17, 15) is 14.6 Å². The average molecular weight is 416 g/mol. The van der Waals surface area contributed by atoms with E-state index < -0.39 is 13.3 Å². The van der Waals surface area contributed by atoms with Gasteiger partial charge in [0.1, 0.15) is 5.69 Å². The van der Waals surface area contributed by atoms with Gasteiger partial charge in [-0.15, -0.1) is 0 Å². The van der Waals surface area contributed by atoms with Crippen LogP contribution in [0.15, 0.2) is 36.4 Å². The Bertz CT molecular complexity index is 1180. The fourth-order valence-corrected chi connectivity index (χ4v) is 5.58. The van der Waals surface area contributed by atoms with E-state index in [1.165, 1.54) is 13.2 Å². The van der Waals surface area contributed by atoms with Gasteiger partial charge in [-0.05, 0) is 47.9 Å². The summed E-state index contributed by atoms with van der Waals surface area (Å²) in [5.41, 5.74) is 7.30. The molecule has 1 aromatic heterocycles. The zero-order chi connectivity index (χ0) is 20.6. The number of hydrogen-bond acceptors (Lipinski definition) is 4. The summed E-state index contributed by atoms with van der Waals surface area (Å²) in [6.07, 6.45) is 0. The van der Waals surface area contributed by atoms with E-state index in [1.54, 1.807) is 30.3 Å². The Labute approximate surface area is 167 Å². The summed E-state index contributed by atoms with van der Waals surface area (Å²) in [5, 5.41) is 10.8. The number of H-pyrrole nitrogens is 1. The first-order chi connectivity index (χ1) is 13.2. The van der Waals surface area contributed by atoms with Crippen LogP contribution < -0.4 is 16.3 Å². The molecule has 1 unspecified atom stereocenters. The minimum absolute atomic E-state index is 0.00379. The van der Waals surface area contributed by atoms with Crippen LogP contribution in [0.1, 0.15) is 41.4 Å². The molecule has 0 radical (unpaired) electrons. The molecule has 6 nitrogen and oxygen atoms in total. The van der Waals surface area contributed by atoms with Crippen LogP contribution in [-0.4, -0.2) is 18.0 Å². The van der Waals surface area contributed by atoms with E-state index >= 15 is 0 Å². The predicted molar refractivity (Wildman–Crippen MR) is 111 cm³/mol. The smallest absolute Gasteiger partial charge is 0.266 e. The number of rotatable bonds is 5. The average Bonchev–Trinajstić information content (AvgIpc) is 3.06. The lowest BCUT2D eigenvalue weighted by atomic mass is 10.0. The number of halogens is 1. The SMILES string of the molecule is COP(=O)(c1cc(C#N)cc(C(C)C)c1)c1c(C(N)=O)[nH]c2ccc(Cl)cc12. The third kappa shape index (κ3) is 3.33. The van der Waals surface area contributed by atoms with Gasteiger partial charge in [-0.25, -0.2) is 0 Å². The van der Waals surface area contributed by atoms with Crippen LogP contribution in [-0.2, 0) is 9.09 Å². The Morgan fingerprint density at radius 2 is 2.00 bits per heavy atom. The molecule has 0 aliphatic carbocycles. The molecule has 3 rings (SSSR count). The van der Waals surface area contributed by atoms with E-state index in [4.69, 9.17) is 21.9 Å². The maximum atomic E-state index is 14.1. The number of nitriles is 1. The van der Waals surface area contributed by atoms with Crippen molar-refractivity contribution < 1.29 is 13.9 Å². The van der Waals surface area contributed by atoms with Crippen molar-refractivity contribution in [3.05, 3.63) is 58.2 Å². The number of aromatic nitrogens is 1. The molecule has 0 fully saturated rings. The third-order valence-electron chi connectivity index (χ3n) is 4.61. The van der Waals surface area contributed by atoms with Gasteiger partial charge in [0.2, 0.25) is 0 Å². The first kappa shape index (κ1) is 20.2. The van der Waals surface area contributed by atoms with Crippen molar-refractivity contribution in [2.75, 3.05) is 7.11 Å². The van der Waals surface area contributed by atoms with Crippen molar-refractivity contribution in [2.24, 2.45) is 5.73 Å². The third-order valence-corrected chi connectivity index (χ3v) is 7.35. The number of amides is 1. The van der Waals surface area contributed by atoms with Crippen LogP contribution in [0.25, 0.3) is 10.9 Å². The predicted octanol–water partition coefficient (Wildman–Crippen LogP) is 3.79. The molecule has 3 N–H and O–H groups in total. The van der Waals surface area contributed by atoms with Crippen LogP contribution in [0.3, 0.4) is 0 Å². The van der Waals surface area contributed by atoms with E-state index in [0.717, 1.165) is 5.56 Å². The summed E-state index contributed by atoms with van der Waals surface area (Å²) in [7, 11) is -2.45. The first-order valence-corrected chi connectivity index (χ1v) is 10.5. The summed E-state index contributed by atoms with van der Waals surface area (Å²) >= 11 is 6.13. The molecule has 0 spiro atoms. The number of carbonyl (C=O) groups is 1. The van der Waals surface area contributed by atoms with Crippen LogP contribution >= 0.6 is 19.0 Å². The highest BCUT2D eigenvalue weighted by Gasteiger charge is 2.36. The van der Waals surface area contributed by atoms with Crippen LogP contribution in [0.2, 0.25) is 5.02 Å². The maximum absolute atomic E-state index is 14.1. The van der Waals surface area contributed by atoms with Crippen molar-refractivity contribution in [3.8, 4) is 6.07 Å². The number of primary amides is 1. The molecular weight excluding hydrogens is 397 g/mol. The number of nitrogens with zero attached hydrogens (tertiary/aromatic N) is 1. The molecule has 0 saturated heterocycles. The van der Waals surface area contributed by atoms with Gasteiger partial charge in [0.05, 0.1) is 16.9 Å². The number of nitrogens with two attached hydrogens (primary N) is 1. The zero-order valence-corrected chi connectivity index (χ0v) is 17.3. The Balaban J connectivity index is 2.41. The molecular formula is C20H19ClN3O3P. The molecule has 28 heavy (non-hydrogen) atoms. The van der Waals surface area contributed by atoms with Gasteiger partial charge in [-0.1, -0.05) is 25.4 Å². The van der Waals surface area contributed by atoms with E-state index in [-0.39, 0.29) is 16.9 Å². The van der Waals surface area contributed by atoms with Crippen molar-refractivity contribution >= 4 is 46.4 Å². The van der Waals surface area contributed by atoms with Crippen molar-refractivity contribution in [3.63, 3.8) is 0 Å². The van der Waals surface area contributed by atoms with Gasteiger partial charge in [-0.2, -0.15) is 5.26 Å². The van der Waals surface area contributed by atoms with Crippen LogP contribution in [0, 0.1) is 11.3 Å². The Morgan fingerprint density at radius 3 is 2.57 bits per heavy atom. The quantitative estimate of drug-likeness (QED) is 0.618. The van der Waals surface area contributed by atoms with E-state index in [1.807, 2.05) is 13.8 Å². The summed E-state index contributed by atoms with van der Waals surface area (Å²) in [5.74, 6) is -0.662. The largest absolute Gasteiger partial charge is 0.364 e. The number of aromatic amines is 1. The number of hydrogen-bond donors (Lipinski definition) is 2. The second kappa shape index (κ2) is 7.44. The Kier molecular flexibility index (Phi) is 5.36. The molecule has 3 aromatic rings. The maximum Gasteiger partial charge on any atom is 0.266 e. The Morgan fingerprint density at radius 1 is 1.29 bits per heavy atom. The molecule has 1 amide bonds. The van der Waals surface area contributed by atoms with Gasteiger partial charge >= 0.3 is 0 Å². The van der Waals surface area contributed by atoms with Gasteiger partial charge in [-0.3, -0.25) is 9.36 Å². The monoisotopic (exact) mass is 415 g/mol. The van der Waals surface area contributed by atoms with Crippen molar-refractivity contribution in [2.45, 2.75) is 19.8 Å². The standard InChI is InChI=1S/C20H19ClN3O3P/c1-11(2)13-6-12(10-22)7-15(8-13)28(26,27-3)19-16-9-14(21)4-5-17(16)24-18(19)20(23)25/h4-9,11,24H,1-3H3,(H2,23,25). The lowest BCUT2D eigenvalue weighted by Gasteiger charge is -2.19. The molecule has 0 aliphatic heterocycles. The second-order valence-electron chi connectivity index (χ2n) is 6.72. The van der Waals surface area contributed by atoms with Gasteiger partial charge < -0.3 is 15.2 Å². The molecule has 0 bridgehead atoms. The summed E-state index contributed by atoms with van der Waals surface area (Å²) < 4.78 is 19.7. The minimum Gasteiger partial charge on any atom is -0.364 e. The zero-order valence-electron chi connectivity index (χ0n) is 15.6. The first-order valence-electron chi connectivity index (χ1n) is 8.54. The van der Waals surface area contributed by atoms with Crippen LogP contribution in [0.4, 0.5) is 0 Å². The van der Waals surface area contributed by atoms with Crippen LogP contribution in [0.5, 0.6) is 0 Å². The molecule has 2 aromatic carbocycles. The van der Waals surface area contributed by atoms with Gasteiger partial charge in [0.25, 0.3) is 13.3 Å². The lowest BCUT2D eigenvalue weighted by Crippen LogP contribution is -2.26. The molecule has 0 saturated carbocycles. The molecule has 8 heteroatoms. The van der Waals surface area contributed by atoms with Crippen molar-refractivity contribution in [1.82, 2.24) is 4.98 Å².